The van der Waals surface area contributed by atoms with E-state index in [1.165, 1.54) is 44.9 Å². The van der Waals surface area contributed by atoms with Gasteiger partial charge in [0.25, 0.3) is 0 Å². The average molecular weight is 366 g/mol. The number of carbonyl (C=O) groups excluding carboxylic acids is 1. The molecule has 0 aliphatic heterocycles. The van der Waals surface area contributed by atoms with Crippen LogP contribution >= 0.6 is 0 Å². The van der Waals surface area contributed by atoms with E-state index < -0.39 is 11.1 Å². The van der Waals surface area contributed by atoms with Crippen LogP contribution in [0, 0.1) is 22.2 Å². The number of Topliss-reactive ketones (excluding diaryl/α,β-unsaturated/α-hetero) is 1. The number of rotatable bonds is 13. The normalized spacial score (nSPS) is 37.6. The molecule has 2 fully saturated rings. The zero-order chi connectivity index (χ0) is 19.6. The lowest BCUT2D eigenvalue weighted by molar-refractivity contribution is -0.135. The van der Waals surface area contributed by atoms with Crippen molar-refractivity contribution in [3.63, 3.8) is 0 Å². The van der Waals surface area contributed by atoms with E-state index in [1.807, 2.05) is 6.92 Å². The highest BCUT2D eigenvalue weighted by atomic mass is 16.3. The molecule has 0 aromatic rings. The van der Waals surface area contributed by atoms with Crippen LogP contribution in [0.4, 0.5) is 0 Å². The predicted molar refractivity (Wildman–Crippen MR) is 109 cm³/mol. The van der Waals surface area contributed by atoms with Crippen molar-refractivity contribution < 1.29 is 9.90 Å². The molecule has 152 valence electrons. The number of hydrogen-bond acceptors (Lipinski definition) is 3. The molecule has 3 N–H and O–H groups in total. The number of ketones is 1. The highest BCUT2D eigenvalue weighted by Crippen LogP contribution is 2.85. The first-order valence-corrected chi connectivity index (χ1v) is 11.2. The Morgan fingerprint density at radius 2 is 1.46 bits per heavy atom. The molecule has 3 heteroatoms. The monoisotopic (exact) mass is 365 g/mol. The van der Waals surface area contributed by atoms with E-state index >= 15 is 0 Å². The summed E-state index contributed by atoms with van der Waals surface area (Å²) in [5.74, 6) is 0.420. The number of carbonyl (C=O) groups is 1. The maximum atomic E-state index is 13.7. The number of nitrogens with two attached hydrogens (primary N) is 1. The first-order chi connectivity index (χ1) is 12.1. The van der Waals surface area contributed by atoms with Crippen LogP contribution in [0.1, 0.15) is 112 Å². The van der Waals surface area contributed by atoms with E-state index in [1.54, 1.807) is 0 Å². The Hall–Kier alpha value is -0.410. The number of aliphatic hydroxyl groups is 1. The molecule has 0 radical (unpaired) electrons. The Kier molecular flexibility index (Phi) is 6.66. The summed E-state index contributed by atoms with van der Waals surface area (Å²) in [5, 5.41) is 10.5. The van der Waals surface area contributed by atoms with Gasteiger partial charge in [0.15, 0.2) is 0 Å². The summed E-state index contributed by atoms with van der Waals surface area (Å²) in [6.07, 6.45) is 13.8. The Balaban J connectivity index is 2.02. The van der Waals surface area contributed by atoms with Gasteiger partial charge in [0.1, 0.15) is 11.5 Å². The molecule has 0 saturated heterocycles. The molecule has 0 heterocycles. The summed E-state index contributed by atoms with van der Waals surface area (Å²) in [4.78, 5) is 13.7. The van der Waals surface area contributed by atoms with E-state index in [-0.39, 0.29) is 16.7 Å². The van der Waals surface area contributed by atoms with Gasteiger partial charge >= 0.3 is 0 Å². The molecule has 2 saturated carbocycles. The van der Waals surface area contributed by atoms with Gasteiger partial charge < -0.3 is 10.8 Å². The molecule has 2 aliphatic rings. The van der Waals surface area contributed by atoms with Crippen molar-refractivity contribution in [2.45, 2.75) is 117 Å². The molecule has 5 atom stereocenters. The minimum Gasteiger partial charge on any atom is -0.375 e. The largest absolute Gasteiger partial charge is 0.375 e. The third-order valence-electron chi connectivity index (χ3n) is 7.99. The van der Waals surface area contributed by atoms with Gasteiger partial charge in [0, 0.05) is 22.2 Å². The van der Waals surface area contributed by atoms with Gasteiger partial charge in [0.05, 0.1) is 0 Å². The molecule has 0 bridgehead atoms. The maximum Gasteiger partial charge on any atom is 0.145 e. The SMILES string of the molecule is CCCCCCCC(C)(CCCCCC)C(=O)C1(C)CC12C(C)C2(N)O. The standard InChI is InChI=1S/C23H43NO2/c1-6-8-10-12-14-16-20(4,15-13-11-9-7-2)19(25)21(5)17-22(21)18(3)23(22,24)26/h18,26H,6-17,24H2,1-5H3. The molecular formula is C23H43NO2. The van der Waals surface area contributed by atoms with Gasteiger partial charge in [0.2, 0.25) is 0 Å². The summed E-state index contributed by atoms with van der Waals surface area (Å²) in [6.45, 7) is 10.7. The highest BCUT2D eigenvalue weighted by Gasteiger charge is 2.91. The van der Waals surface area contributed by atoms with Gasteiger partial charge in [-0.25, -0.2) is 0 Å². The second kappa shape index (κ2) is 7.91. The number of hydrogen-bond donors (Lipinski definition) is 2. The Morgan fingerprint density at radius 3 is 1.85 bits per heavy atom. The predicted octanol–water partition coefficient (Wildman–Crippen LogP) is 5.59. The summed E-state index contributed by atoms with van der Waals surface area (Å²) in [5.41, 5.74) is 3.95. The van der Waals surface area contributed by atoms with E-state index in [0.29, 0.717) is 5.78 Å². The van der Waals surface area contributed by atoms with Crippen molar-refractivity contribution in [1.82, 2.24) is 0 Å². The van der Waals surface area contributed by atoms with E-state index in [4.69, 9.17) is 5.73 Å². The van der Waals surface area contributed by atoms with Crippen molar-refractivity contribution in [3.05, 3.63) is 0 Å². The molecule has 5 unspecified atom stereocenters. The van der Waals surface area contributed by atoms with Crippen LogP contribution in [0.25, 0.3) is 0 Å². The first-order valence-electron chi connectivity index (χ1n) is 11.2. The lowest BCUT2D eigenvalue weighted by atomic mass is 9.70. The average Bonchev–Trinajstić information content (AvgIpc) is 3.37. The van der Waals surface area contributed by atoms with Crippen molar-refractivity contribution >= 4 is 5.78 Å². The van der Waals surface area contributed by atoms with Crippen LogP contribution in [0.2, 0.25) is 0 Å². The number of unbranched alkanes of at least 4 members (excludes halogenated alkanes) is 7. The molecule has 26 heavy (non-hydrogen) atoms. The van der Waals surface area contributed by atoms with Gasteiger partial charge in [-0.3, -0.25) is 4.79 Å². The zero-order valence-electron chi connectivity index (χ0n) is 18.0. The van der Waals surface area contributed by atoms with Crippen LogP contribution in [-0.4, -0.2) is 16.6 Å². The smallest absolute Gasteiger partial charge is 0.145 e. The van der Waals surface area contributed by atoms with Crippen LogP contribution in [0.3, 0.4) is 0 Å². The van der Waals surface area contributed by atoms with Crippen molar-refractivity contribution in [2.24, 2.45) is 27.9 Å². The molecule has 2 rings (SSSR count). The van der Waals surface area contributed by atoms with Gasteiger partial charge in [-0.2, -0.15) is 0 Å². The molecular weight excluding hydrogens is 322 g/mol. The summed E-state index contributed by atoms with van der Waals surface area (Å²) < 4.78 is 0. The molecule has 2 aliphatic carbocycles. The van der Waals surface area contributed by atoms with E-state index in [0.717, 1.165) is 32.1 Å². The molecule has 0 amide bonds. The van der Waals surface area contributed by atoms with Crippen molar-refractivity contribution in [2.75, 3.05) is 0 Å². The van der Waals surface area contributed by atoms with Crippen LogP contribution in [0.15, 0.2) is 0 Å². The van der Waals surface area contributed by atoms with Crippen LogP contribution in [0.5, 0.6) is 0 Å². The highest BCUT2D eigenvalue weighted by molar-refractivity contribution is 5.95. The molecule has 0 aromatic heterocycles. The fourth-order valence-corrected chi connectivity index (χ4v) is 5.83. The zero-order valence-corrected chi connectivity index (χ0v) is 18.0. The van der Waals surface area contributed by atoms with Gasteiger partial charge in [-0.1, -0.05) is 92.4 Å². The van der Waals surface area contributed by atoms with E-state index in [2.05, 4.69) is 27.7 Å². The minimum absolute atomic E-state index is 0.0397. The molecule has 1 spiro atoms. The Labute approximate surface area is 161 Å². The minimum atomic E-state index is -1.14. The quantitative estimate of drug-likeness (QED) is 0.330. The summed E-state index contributed by atoms with van der Waals surface area (Å²) >= 11 is 0. The first kappa shape index (κ1) is 21.9. The Morgan fingerprint density at radius 1 is 1.04 bits per heavy atom. The molecule has 3 nitrogen and oxygen atoms in total. The van der Waals surface area contributed by atoms with Gasteiger partial charge in [-0.05, 0) is 19.3 Å². The van der Waals surface area contributed by atoms with Crippen molar-refractivity contribution in [3.8, 4) is 0 Å². The second-order valence-electron chi connectivity index (χ2n) is 9.89. The Bertz CT molecular complexity index is 502. The fourth-order valence-electron chi connectivity index (χ4n) is 5.83. The summed E-state index contributed by atoms with van der Waals surface area (Å²) in [7, 11) is 0. The second-order valence-corrected chi connectivity index (χ2v) is 9.89. The van der Waals surface area contributed by atoms with E-state index in [9.17, 15) is 9.90 Å². The molecule has 0 aromatic carbocycles. The topological polar surface area (TPSA) is 63.3 Å². The van der Waals surface area contributed by atoms with Gasteiger partial charge in [-0.15, -0.1) is 0 Å². The van der Waals surface area contributed by atoms with Crippen molar-refractivity contribution in [1.29, 1.82) is 0 Å². The lowest BCUT2D eigenvalue weighted by Crippen LogP contribution is -2.37. The fraction of sp³-hybridized carbons (Fsp3) is 0.957. The third kappa shape index (κ3) is 3.51. The lowest BCUT2D eigenvalue weighted by Gasteiger charge is -2.32. The van der Waals surface area contributed by atoms with Crippen LogP contribution in [-0.2, 0) is 4.79 Å². The maximum absolute atomic E-state index is 13.7. The third-order valence-corrected chi connectivity index (χ3v) is 7.99. The summed E-state index contributed by atoms with van der Waals surface area (Å²) in [6, 6.07) is 0. The van der Waals surface area contributed by atoms with Crippen LogP contribution < -0.4 is 5.73 Å².